The number of amides is 2. The molecule has 3 heterocycles. The Labute approximate surface area is 241 Å². The lowest BCUT2D eigenvalue weighted by Gasteiger charge is -2.32. The number of aliphatic hydroxyl groups is 1. The van der Waals surface area contributed by atoms with Gasteiger partial charge in [-0.1, -0.05) is 46.8 Å². The second kappa shape index (κ2) is 14.3. The van der Waals surface area contributed by atoms with E-state index in [9.17, 15) is 14.7 Å². The van der Waals surface area contributed by atoms with Gasteiger partial charge in [0.15, 0.2) is 0 Å². The van der Waals surface area contributed by atoms with Crippen LogP contribution < -0.4 is 5.32 Å². The third kappa shape index (κ3) is 7.13. The highest BCUT2D eigenvalue weighted by atomic mass is 16.3. The molecule has 8 nitrogen and oxygen atoms in total. The second-order valence-electron chi connectivity index (χ2n) is 11.6. The Morgan fingerprint density at radius 1 is 1.10 bits per heavy atom. The van der Waals surface area contributed by atoms with Gasteiger partial charge in [-0.2, -0.15) is 5.10 Å². The number of aryl methyl sites for hydroxylation is 1. The molecule has 4 unspecified atom stereocenters. The summed E-state index contributed by atoms with van der Waals surface area (Å²) in [5.74, 6) is 0.126. The maximum atomic E-state index is 13.5. The minimum absolute atomic E-state index is 0.0618. The van der Waals surface area contributed by atoms with Crippen molar-refractivity contribution in [2.75, 3.05) is 26.7 Å². The Bertz CT molecular complexity index is 1120. The van der Waals surface area contributed by atoms with Gasteiger partial charge in [-0.15, -0.1) is 0 Å². The highest BCUT2D eigenvalue weighted by Gasteiger charge is 2.41. The summed E-state index contributed by atoms with van der Waals surface area (Å²) in [5.41, 5.74) is 4.63. The number of hydrogen-bond donors (Lipinski definition) is 2. The maximum Gasteiger partial charge on any atom is 0.243 e. The number of hydrogen-bond acceptors (Lipinski definition) is 5. The van der Waals surface area contributed by atoms with E-state index in [2.05, 4.69) is 53.6 Å². The van der Waals surface area contributed by atoms with E-state index in [-0.39, 0.29) is 42.7 Å². The molecule has 1 aromatic carbocycles. The SMILES string of the molecule is CC.CCn1nccc1-c1ccc(C(C)NC(=O)C2CC(O)CN2C(=O)C(C)C(C)C)c(C2CCN(C)CC2)c1. The van der Waals surface area contributed by atoms with Crippen molar-refractivity contribution in [2.24, 2.45) is 11.8 Å². The summed E-state index contributed by atoms with van der Waals surface area (Å²) in [6, 6.07) is 7.74. The summed E-state index contributed by atoms with van der Waals surface area (Å²) in [6.07, 6.45) is 3.59. The molecular weight excluding hydrogens is 502 g/mol. The molecule has 0 spiro atoms. The highest BCUT2D eigenvalue weighted by Crippen LogP contribution is 2.36. The molecule has 2 aliphatic heterocycles. The van der Waals surface area contributed by atoms with Gasteiger partial charge in [0.1, 0.15) is 6.04 Å². The third-order valence-electron chi connectivity index (χ3n) is 8.64. The van der Waals surface area contributed by atoms with Crippen LogP contribution in [0.3, 0.4) is 0 Å². The number of piperidine rings is 1. The van der Waals surface area contributed by atoms with Crippen molar-refractivity contribution in [3.63, 3.8) is 0 Å². The number of carbonyl (C=O) groups is 2. The van der Waals surface area contributed by atoms with Crippen molar-refractivity contribution in [3.05, 3.63) is 41.6 Å². The van der Waals surface area contributed by atoms with E-state index >= 15 is 0 Å². The molecule has 222 valence electrons. The van der Waals surface area contributed by atoms with Crippen LogP contribution in [0.2, 0.25) is 0 Å². The molecule has 0 bridgehead atoms. The molecular formula is C32H51N5O3. The maximum absolute atomic E-state index is 13.5. The van der Waals surface area contributed by atoms with E-state index in [0.717, 1.165) is 49.3 Å². The first-order valence-electron chi connectivity index (χ1n) is 15.2. The number of aliphatic hydroxyl groups excluding tert-OH is 1. The average molecular weight is 554 g/mol. The molecule has 2 saturated heterocycles. The fourth-order valence-electron chi connectivity index (χ4n) is 5.87. The van der Waals surface area contributed by atoms with E-state index in [1.54, 1.807) is 4.90 Å². The number of aromatic nitrogens is 2. The smallest absolute Gasteiger partial charge is 0.243 e. The highest BCUT2D eigenvalue weighted by molar-refractivity contribution is 5.89. The quantitative estimate of drug-likeness (QED) is 0.488. The largest absolute Gasteiger partial charge is 0.391 e. The number of nitrogens with one attached hydrogen (secondary N) is 1. The van der Waals surface area contributed by atoms with Gasteiger partial charge in [0.05, 0.1) is 17.8 Å². The van der Waals surface area contributed by atoms with Gasteiger partial charge in [-0.25, -0.2) is 0 Å². The standard InChI is InChI=1S/C30H45N5O3.C2H6/c1-7-35-27(10-13-31-35)23-8-9-25(26(16-23)22-11-14-33(6)15-12-22)21(5)32-29(37)28-17-24(36)18-34(28)30(38)20(4)19(2)3;1-2/h8-10,13,16,19-22,24,28,36H,7,11-12,14-15,17-18H2,1-6H3,(H,32,37);1-2H3. The predicted molar refractivity (Wildman–Crippen MR) is 161 cm³/mol. The van der Waals surface area contributed by atoms with Crippen LogP contribution in [0.4, 0.5) is 0 Å². The van der Waals surface area contributed by atoms with Gasteiger partial charge < -0.3 is 20.2 Å². The van der Waals surface area contributed by atoms with Crippen molar-refractivity contribution in [3.8, 4) is 11.3 Å². The van der Waals surface area contributed by atoms with Gasteiger partial charge >= 0.3 is 0 Å². The van der Waals surface area contributed by atoms with Crippen molar-refractivity contribution in [1.29, 1.82) is 0 Å². The van der Waals surface area contributed by atoms with Crippen LogP contribution in [0.1, 0.15) is 90.8 Å². The summed E-state index contributed by atoms with van der Waals surface area (Å²) in [5, 5.41) is 18.0. The zero-order valence-electron chi connectivity index (χ0n) is 25.9. The van der Waals surface area contributed by atoms with Crippen molar-refractivity contribution in [1.82, 2.24) is 24.9 Å². The Morgan fingerprint density at radius 3 is 2.40 bits per heavy atom. The summed E-state index contributed by atoms with van der Waals surface area (Å²) in [7, 11) is 2.17. The van der Waals surface area contributed by atoms with Gasteiger partial charge in [0, 0.05) is 37.2 Å². The Kier molecular flexibility index (Phi) is 11.3. The van der Waals surface area contributed by atoms with Gasteiger partial charge in [-0.05, 0) is 81.9 Å². The minimum atomic E-state index is -0.679. The summed E-state index contributed by atoms with van der Waals surface area (Å²) in [6.45, 7) is 17.1. The summed E-state index contributed by atoms with van der Waals surface area (Å²) in [4.78, 5) is 30.6. The summed E-state index contributed by atoms with van der Waals surface area (Å²) < 4.78 is 2.01. The average Bonchev–Trinajstić information content (AvgIpc) is 3.60. The Balaban J connectivity index is 0.00000216. The molecule has 0 radical (unpaired) electrons. The van der Waals surface area contributed by atoms with Crippen LogP contribution >= 0.6 is 0 Å². The lowest BCUT2D eigenvalue weighted by Crippen LogP contribution is -2.48. The zero-order valence-corrected chi connectivity index (χ0v) is 25.9. The van der Waals surface area contributed by atoms with Crippen LogP contribution in [0.5, 0.6) is 0 Å². The minimum Gasteiger partial charge on any atom is -0.391 e. The summed E-state index contributed by atoms with van der Waals surface area (Å²) >= 11 is 0. The third-order valence-corrected chi connectivity index (χ3v) is 8.64. The van der Waals surface area contributed by atoms with Crippen LogP contribution in [-0.2, 0) is 16.1 Å². The van der Waals surface area contributed by atoms with Gasteiger partial charge in [-0.3, -0.25) is 14.3 Å². The molecule has 0 aliphatic carbocycles. The lowest BCUT2D eigenvalue weighted by molar-refractivity contribution is -0.142. The first kappa shape index (κ1) is 31.8. The fraction of sp³-hybridized carbons (Fsp3) is 0.656. The number of nitrogens with zero attached hydrogens (tertiary/aromatic N) is 4. The molecule has 4 rings (SSSR count). The van der Waals surface area contributed by atoms with Crippen molar-refractivity contribution < 1.29 is 14.7 Å². The number of likely N-dealkylation sites (tertiary alicyclic amines) is 2. The van der Waals surface area contributed by atoms with Crippen molar-refractivity contribution in [2.45, 2.75) is 98.4 Å². The molecule has 2 aliphatic rings. The van der Waals surface area contributed by atoms with Gasteiger partial charge in [0.25, 0.3) is 0 Å². The van der Waals surface area contributed by atoms with E-state index in [1.165, 1.54) is 5.56 Å². The molecule has 2 fully saturated rings. The topological polar surface area (TPSA) is 90.7 Å². The molecule has 0 saturated carbocycles. The predicted octanol–water partition coefficient (Wildman–Crippen LogP) is 4.84. The molecule has 2 aromatic rings. The van der Waals surface area contributed by atoms with E-state index in [1.807, 2.05) is 52.4 Å². The van der Waals surface area contributed by atoms with Gasteiger partial charge in [0.2, 0.25) is 11.8 Å². The Hall–Kier alpha value is -2.71. The number of β-amino-alcohol motifs (C(OH)–C–C–N with tert-alkyl or cyclic N) is 1. The fourth-order valence-corrected chi connectivity index (χ4v) is 5.87. The normalized spacial score (nSPS) is 21.6. The van der Waals surface area contributed by atoms with E-state index < -0.39 is 12.1 Å². The monoisotopic (exact) mass is 553 g/mol. The molecule has 1 aromatic heterocycles. The molecule has 8 heteroatoms. The van der Waals surface area contributed by atoms with Crippen LogP contribution in [0.25, 0.3) is 11.3 Å². The van der Waals surface area contributed by atoms with E-state index in [0.29, 0.717) is 5.92 Å². The molecule has 2 N–H and O–H groups in total. The number of benzene rings is 1. The van der Waals surface area contributed by atoms with Crippen molar-refractivity contribution >= 4 is 11.8 Å². The second-order valence-corrected chi connectivity index (χ2v) is 11.6. The van der Waals surface area contributed by atoms with E-state index in [4.69, 9.17) is 0 Å². The first-order chi connectivity index (χ1) is 19.1. The first-order valence-corrected chi connectivity index (χ1v) is 15.2. The molecule has 4 atom stereocenters. The number of carbonyl (C=O) groups excluding carboxylic acids is 2. The molecule has 2 amide bonds. The van der Waals surface area contributed by atoms with Crippen LogP contribution in [0.15, 0.2) is 30.5 Å². The lowest BCUT2D eigenvalue weighted by atomic mass is 9.83. The number of rotatable bonds is 8. The van der Waals surface area contributed by atoms with Crippen LogP contribution in [-0.4, -0.2) is 75.3 Å². The molecule has 40 heavy (non-hydrogen) atoms. The van der Waals surface area contributed by atoms with Crippen LogP contribution in [0, 0.1) is 11.8 Å². The Morgan fingerprint density at radius 2 is 1.77 bits per heavy atom. The zero-order chi connectivity index (χ0) is 29.6.